The first-order valence-corrected chi connectivity index (χ1v) is 5.55. The maximum atomic E-state index is 11.9. The van der Waals surface area contributed by atoms with E-state index in [0.29, 0.717) is 12.1 Å². The molecule has 0 aromatic carbocycles. The van der Waals surface area contributed by atoms with E-state index in [9.17, 15) is 4.79 Å². The second-order valence-corrected chi connectivity index (χ2v) is 4.07. The third-order valence-electron chi connectivity index (χ3n) is 2.70. The summed E-state index contributed by atoms with van der Waals surface area (Å²) in [7, 11) is 1.82. The van der Waals surface area contributed by atoms with E-state index in [1.54, 1.807) is 10.9 Å². The van der Waals surface area contributed by atoms with Crippen LogP contribution in [0.15, 0.2) is 6.20 Å². The zero-order valence-corrected chi connectivity index (χ0v) is 10.2. The van der Waals surface area contributed by atoms with Crippen LogP contribution < -0.4 is 11.1 Å². The standard InChI is InChI=1S/C11H20N4O/c1-8(5-4-6-12)14-11(16)10-7-13-15(3)9(10)2/h7-8H,4-6,12H2,1-3H3,(H,14,16). The molecule has 0 aliphatic rings. The Bertz CT molecular complexity index is 359. The fourth-order valence-corrected chi connectivity index (χ4v) is 1.52. The van der Waals surface area contributed by atoms with Crippen LogP contribution in [0.2, 0.25) is 0 Å². The van der Waals surface area contributed by atoms with Gasteiger partial charge >= 0.3 is 0 Å². The molecule has 1 aromatic heterocycles. The van der Waals surface area contributed by atoms with Crippen molar-refractivity contribution in [3.63, 3.8) is 0 Å². The highest BCUT2D eigenvalue weighted by molar-refractivity contribution is 5.95. The molecule has 1 atom stereocenters. The normalized spacial score (nSPS) is 12.5. The quantitative estimate of drug-likeness (QED) is 0.768. The SMILES string of the molecule is Cc1c(C(=O)NC(C)CCCN)cnn1C. The van der Waals surface area contributed by atoms with E-state index in [1.165, 1.54) is 0 Å². The third kappa shape index (κ3) is 3.06. The van der Waals surface area contributed by atoms with Crippen molar-refractivity contribution in [2.75, 3.05) is 6.54 Å². The minimum absolute atomic E-state index is 0.0601. The maximum Gasteiger partial charge on any atom is 0.254 e. The van der Waals surface area contributed by atoms with Crippen molar-refractivity contribution >= 4 is 5.91 Å². The number of nitrogens with zero attached hydrogens (tertiary/aromatic N) is 2. The second-order valence-electron chi connectivity index (χ2n) is 4.07. The summed E-state index contributed by atoms with van der Waals surface area (Å²) < 4.78 is 1.69. The number of rotatable bonds is 5. The summed E-state index contributed by atoms with van der Waals surface area (Å²) in [6.07, 6.45) is 3.43. The molecule has 90 valence electrons. The van der Waals surface area contributed by atoms with Crippen LogP contribution in [0.5, 0.6) is 0 Å². The van der Waals surface area contributed by atoms with Gasteiger partial charge in [0, 0.05) is 18.8 Å². The van der Waals surface area contributed by atoms with E-state index in [1.807, 2.05) is 20.9 Å². The molecule has 1 rings (SSSR count). The van der Waals surface area contributed by atoms with E-state index < -0.39 is 0 Å². The van der Waals surface area contributed by atoms with E-state index in [-0.39, 0.29) is 11.9 Å². The van der Waals surface area contributed by atoms with Gasteiger partial charge in [-0.1, -0.05) is 0 Å². The summed E-state index contributed by atoms with van der Waals surface area (Å²) in [6, 6.07) is 0.149. The van der Waals surface area contributed by atoms with Crippen molar-refractivity contribution < 1.29 is 4.79 Å². The van der Waals surface area contributed by atoms with Gasteiger partial charge in [-0.3, -0.25) is 9.48 Å². The lowest BCUT2D eigenvalue weighted by Gasteiger charge is -2.12. The van der Waals surface area contributed by atoms with Crippen LogP contribution in [-0.2, 0) is 7.05 Å². The number of amides is 1. The summed E-state index contributed by atoms with van der Waals surface area (Å²) >= 11 is 0. The third-order valence-corrected chi connectivity index (χ3v) is 2.70. The van der Waals surface area contributed by atoms with E-state index >= 15 is 0 Å². The largest absolute Gasteiger partial charge is 0.349 e. The van der Waals surface area contributed by atoms with Crippen LogP contribution in [-0.4, -0.2) is 28.3 Å². The molecule has 1 heterocycles. The Hall–Kier alpha value is -1.36. The first-order chi connectivity index (χ1) is 7.56. The van der Waals surface area contributed by atoms with Gasteiger partial charge in [-0.15, -0.1) is 0 Å². The van der Waals surface area contributed by atoms with Crippen LogP contribution >= 0.6 is 0 Å². The molecule has 3 N–H and O–H groups in total. The summed E-state index contributed by atoms with van der Waals surface area (Å²) in [5.74, 6) is -0.0601. The minimum Gasteiger partial charge on any atom is -0.349 e. The van der Waals surface area contributed by atoms with E-state index in [0.717, 1.165) is 18.5 Å². The molecule has 0 radical (unpaired) electrons. The van der Waals surface area contributed by atoms with Crippen molar-refractivity contribution in [3.8, 4) is 0 Å². The predicted octanol–water partition coefficient (Wildman–Crippen LogP) is 0.586. The maximum absolute atomic E-state index is 11.9. The molecule has 0 aliphatic carbocycles. The molecule has 0 saturated carbocycles. The summed E-state index contributed by atoms with van der Waals surface area (Å²) in [5, 5.41) is 6.98. The molecule has 1 unspecified atom stereocenters. The number of aryl methyl sites for hydroxylation is 1. The van der Waals surface area contributed by atoms with Gasteiger partial charge in [-0.05, 0) is 33.2 Å². The van der Waals surface area contributed by atoms with Gasteiger partial charge in [0.15, 0.2) is 0 Å². The summed E-state index contributed by atoms with van der Waals surface area (Å²) in [6.45, 7) is 4.53. The van der Waals surface area contributed by atoms with E-state index in [4.69, 9.17) is 5.73 Å². The molecule has 0 bridgehead atoms. The summed E-state index contributed by atoms with van der Waals surface area (Å²) in [4.78, 5) is 11.9. The highest BCUT2D eigenvalue weighted by Gasteiger charge is 2.14. The molecule has 0 saturated heterocycles. The molecular weight excluding hydrogens is 204 g/mol. The van der Waals surface area contributed by atoms with Crippen molar-refractivity contribution in [3.05, 3.63) is 17.5 Å². The fraction of sp³-hybridized carbons (Fsp3) is 0.636. The fourth-order valence-electron chi connectivity index (χ4n) is 1.52. The average Bonchev–Trinajstić information content (AvgIpc) is 2.57. The number of nitrogens with one attached hydrogen (secondary N) is 1. The van der Waals surface area contributed by atoms with Gasteiger partial charge in [0.2, 0.25) is 0 Å². The van der Waals surface area contributed by atoms with Gasteiger partial charge in [-0.25, -0.2) is 0 Å². The molecule has 5 heteroatoms. The number of hydrogen-bond acceptors (Lipinski definition) is 3. The molecule has 1 aromatic rings. The van der Waals surface area contributed by atoms with E-state index in [2.05, 4.69) is 10.4 Å². The molecule has 0 spiro atoms. The molecule has 0 fully saturated rings. The Balaban J connectivity index is 2.55. The van der Waals surface area contributed by atoms with Crippen LogP contribution in [0, 0.1) is 6.92 Å². The smallest absolute Gasteiger partial charge is 0.254 e. The monoisotopic (exact) mass is 224 g/mol. The number of carbonyl (C=O) groups excluding carboxylic acids is 1. The topological polar surface area (TPSA) is 72.9 Å². The summed E-state index contributed by atoms with van der Waals surface area (Å²) in [5.41, 5.74) is 6.94. The van der Waals surface area contributed by atoms with Gasteiger partial charge in [0.1, 0.15) is 0 Å². The lowest BCUT2D eigenvalue weighted by Crippen LogP contribution is -2.33. The Morgan fingerprint density at radius 3 is 2.88 bits per heavy atom. The Kier molecular flexibility index (Phi) is 4.49. The van der Waals surface area contributed by atoms with Crippen molar-refractivity contribution in [2.24, 2.45) is 12.8 Å². The van der Waals surface area contributed by atoms with Crippen LogP contribution in [0.25, 0.3) is 0 Å². The van der Waals surface area contributed by atoms with Gasteiger partial charge < -0.3 is 11.1 Å². The van der Waals surface area contributed by atoms with Crippen LogP contribution in [0.1, 0.15) is 35.8 Å². The van der Waals surface area contributed by atoms with Gasteiger partial charge in [0.25, 0.3) is 5.91 Å². The molecule has 16 heavy (non-hydrogen) atoms. The predicted molar refractivity (Wildman–Crippen MR) is 63.2 cm³/mol. The lowest BCUT2D eigenvalue weighted by molar-refractivity contribution is 0.0937. The Labute approximate surface area is 96.0 Å². The zero-order chi connectivity index (χ0) is 12.1. The van der Waals surface area contributed by atoms with Crippen molar-refractivity contribution in [2.45, 2.75) is 32.7 Å². The van der Waals surface area contributed by atoms with Crippen molar-refractivity contribution in [1.29, 1.82) is 0 Å². The minimum atomic E-state index is -0.0601. The molecular formula is C11H20N4O. The average molecular weight is 224 g/mol. The first kappa shape index (κ1) is 12.7. The van der Waals surface area contributed by atoms with Gasteiger partial charge in [-0.2, -0.15) is 5.10 Å². The van der Waals surface area contributed by atoms with Crippen LogP contribution in [0.3, 0.4) is 0 Å². The molecule has 0 aliphatic heterocycles. The Morgan fingerprint density at radius 2 is 2.38 bits per heavy atom. The van der Waals surface area contributed by atoms with Crippen LogP contribution in [0.4, 0.5) is 0 Å². The number of carbonyl (C=O) groups is 1. The molecule has 1 amide bonds. The zero-order valence-electron chi connectivity index (χ0n) is 10.2. The Morgan fingerprint density at radius 1 is 1.69 bits per heavy atom. The lowest BCUT2D eigenvalue weighted by atomic mass is 10.1. The number of hydrogen-bond donors (Lipinski definition) is 2. The highest BCUT2D eigenvalue weighted by atomic mass is 16.1. The highest BCUT2D eigenvalue weighted by Crippen LogP contribution is 2.06. The molecule has 5 nitrogen and oxygen atoms in total. The van der Waals surface area contributed by atoms with Gasteiger partial charge in [0.05, 0.1) is 11.8 Å². The first-order valence-electron chi connectivity index (χ1n) is 5.55. The number of nitrogens with two attached hydrogens (primary N) is 1. The second kappa shape index (κ2) is 5.65. The number of aromatic nitrogens is 2. The van der Waals surface area contributed by atoms with Crippen molar-refractivity contribution in [1.82, 2.24) is 15.1 Å².